The Morgan fingerprint density at radius 3 is 2.55 bits per heavy atom. The SMILES string of the molecule is O=CC1CCC(F)C(F)C1Br. The lowest BCUT2D eigenvalue weighted by Crippen LogP contribution is -2.38. The fraction of sp³-hybridized carbons (Fsp3) is 0.857. The summed E-state index contributed by atoms with van der Waals surface area (Å²) in [6.07, 6.45) is -1.64. The van der Waals surface area contributed by atoms with E-state index in [1.807, 2.05) is 0 Å². The lowest BCUT2D eigenvalue weighted by atomic mass is 9.88. The molecule has 1 rings (SSSR count). The van der Waals surface area contributed by atoms with Crippen LogP contribution in [-0.2, 0) is 4.79 Å². The van der Waals surface area contributed by atoms with Gasteiger partial charge in [-0.25, -0.2) is 8.78 Å². The van der Waals surface area contributed by atoms with Crippen molar-refractivity contribution < 1.29 is 13.6 Å². The molecule has 1 fully saturated rings. The summed E-state index contributed by atoms with van der Waals surface area (Å²) in [7, 11) is 0. The summed E-state index contributed by atoms with van der Waals surface area (Å²) in [4.78, 5) is 9.67. The average molecular weight is 227 g/mol. The van der Waals surface area contributed by atoms with E-state index in [-0.39, 0.29) is 12.3 Å². The molecule has 4 unspecified atom stereocenters. The van der Waals surface area contributed by atoms with Gasteiger partial charge in [0.2, 0.25) is 0 Å². The lowest BCUT2D eigenvalue weighted by molar-refractivity contribution is -0.112. The molecule has 1 saturated carbocycles. The van der Waals surface area contributed by atoms with Crippen LogP contribution in [0.25, 0.3) is 0 Å². The van der Waals surface area contributed by atoms with Crippen LogP contribution in [0.15, 0.2) is 0 Å². The smallest absolute Gasteiger partial charge is 0.144 e. The molecule has 1 aliphatic rings. The minimum Gasteiger partial charge on any atom is -0.303 e. The van der Waals surface area contributed by atoms with E-state index in [0.717, 1.165) is 0 Å². The maximum absolute atomic E-state index is 12.8. The molecule has 0 aromatic carbocycles. The Morgan fingerprint density at radius 2 is 2.00 bits per heavy atom. The fourth-order valence-corrected chi connectivity index (χ4v) is 1.97. The van der Waals surface area contributed by atoms with E-state index < -0.39 is 17.2 Å². The molecule has 0 radical (unpaired) electrons. The normalized spacial score (nSPS) is 45.4. The molecule has 0 N–H and O–H groups in total. The molecule has 4 heteroatoms. The van der Waals surface area contributed by atoms with Crippen molar-refractivity contribution in [2.24, 2.45) is 5.92 Å². The standard InChI is InChI=1S/C7H9BrF2O/c8-6-4(3-11)1-2-5(9)7(6)10/h3-7H,1-2H2. The number of halogens is 3. The summed E-state index contributed by atoms with van der Waals surface area (Å²) in [5.74, 6) is -0.364. The van der Waals surface area contributed by atoms with Crippen LogP contribution in [0.3, 0.4) is 0 Å². The third-order valence-electron chi connectivity index (χ3n) is 2.01. The first-order chi connectivity index (χ1) is 5.16. The van der Waals surface area contributed by atoms with Crippen LogP contribution in [0.2, 0.25) is 0 Å². The van der Waals surface area contributed by atoms with Crippen molar-refractivity contribution >= 4 is 22.2 Å². The minimum absolute atomic E-state index is 0.159. The Kier molecular flexibility index (Phi) is 2.98. The largest absolute Gasteiger partial charge is 0.303 e. The fourth-order valence-electron chi connectivity index (χ4n) is 1.25. The predicted molar refractivity (Wildman–Crippen MR) is 41.3 cm³/mol. The lowest BCUT2D eigenvalue weighted by Gasteiger charge is -2.28. The predicted octanol–water partition coefficient (Wildman–Crippen LogP) is 2.04. The number of carbonyl (C=O) groups excluding carboxylic acids is 1. The van der Waals surface area contributed by atoms with Crippen molar-refractivity contribution in [3.8, 4) is 0 Å². The van der Waals surface area contributed by atoms with E-state index in [1.54, 1.807) is 0 Å². The van der Waals surface area contributed by atoms with Gasteiger partial charge in [-0.05, 0) is 12.8 Å². The number of hydrogen-bond acceptors (Lipinski definition) is 1. The highest BCUT2D eigenvalue weighted by molar-refractivity contribution is 9.09. The molecule has 0 bridgehead atoms. The second kappa shape index (κ2) is 3.61. The molecule has 0 spiro atoms. The van der Waals surface area contributed by atoms with Crippen LogP contribution in [0, 0.1) is 5.92 Å². The van der Waals surface area contributed by atoms with E-state index in [1.165, 1.54) is 0 Å². The highest BCUT2D eigenvalue weighted by Crippen LogP contribution is 2.32. The van der Waals surface area contributed by atoms with Crippen LogP contribution in [0.1, 0.15) is 12.8 Å². The van der Waals surface area contributed by atoms with Gasteiger partial charge >= 0.3 is 0 Å². The molecule has 0 aromatic heterocycles. The zero-order chi connectivity index (χ0) is 8.43. The van der Waals surface area contributed by atoms with Gasteiger partial charge in [0, 0.05) is 5.92 Å². The molecule has 1 aliphatic carbocycles. The van der Waals surface area contributed by atoms with Crippen LogP contribution in [0.4, 0.5) is 8.78 Å². The van der Waals surface area contributed by atoms with Gasteiger partial charge in [0.15, 0.2) is 0 Å². The van der Waals surface area contributed by atoms with Gasteiger partial charge in [-0.15, -0.1) is 0 Å². The van der Waals surface area contributed by atoms with Crippen molar-refractivity contribution in [2.75, 3.05) is 0 Å². The number of carbonyl (C=O) groups is 1. The van der Waals surface area contributed by atoms with E-state index in [4.69, 9.17) is 0 Å². The van der Waals surface area contributed by atoms with Gasteiger partial charge in [0.1, 0.15) is 18.6 Å². The summed E-state index contributed by atoms with van der Waals surface area (Å²) in [5.41, 5.74) is 0. The van der Waals surface area contributed by atoms with Gasteiger partial charge in [-0.2, -0.15) is 0 Å². The Morgan fingerprint density at radius 1 is 1.36 bits per heavy atom. The average Bonchev–Trinajstić information content (AvgIpc) is 2.01. The summed E-state index contributed by atoms with van der Waals surface area (Å²) in [5, 5.41) is 0. The van der Waals surface area contributed by atoms with E-state index in [0.29, 0.717) is 12.7 Å². The van der Waals surface area contributed by atoms with Gasteiger partial charge < -0.3 is 4.79 Å². The van der Waals surface area contributed by atoms with Crippen molar-refractivity contribution in [3.63, 3.8) is 0 Å². The summed E-state index contributed by atoms with van der Waals surface area (Å²) in [6.45, 7) is 0. The Hall–Kier alpha value is 0.01000. The first-order valence-corrected chi connectivity index (χ1v) is 4.46. The third-order valence-corrected chi connectivity index (χ3v) is 3.19. The maximum atomic E-state index is 12.8. The zero-order valence-corrected chi connectivity index (χ0v) is 7.43. The molecular formula is C7H9BrF2O. The topological polar surface area (TPSA) is 17.1 Å². The minimum atomic E-state index is -1.53. The highest BCUT2D eigenvalue weighted by atomic mass is 79.9. The quantitative estimate of drug-likeness (QED) is 0.494. The Labute approximate surface area is 72.3 Å². The van der Waals surface area contributed by atoms with Crippen molar-refractivity contribution in [1.82, 2.24) is 0 Å². The second-order valence-corrected chi connectivity index (χ2v) is 3.84. The monoisotopic (exact) mass is 226 g/mol. The van der Waals surface area contributed by atoms with Crippen LogP contribution >= 0.6 is 15.9 Å². The molecule has 0 amide bonds. The van der Waals surface area contributed by atoms with Crippen LogP contribution < -0.4 is 0 Å². The molecule has 0 aromatic rings. The van der Waals surface area contributed by atoms with Gasteiger partial charge in [0.05, 0.1) is 4.83 Å². The highest BCUT2D eigenvalue weighted by Gasteiger charge is 2.38. The summed E-state index contributed by atoms with van der Waals surface area (Å²) < 4.78 is 25.4. The number of rotatable bonds is 1. The first kappa shape index (κ1) is 9.10. The van der Waals surface area contributed by atoms with Gasteiger partial charge in [-0.1, -0.05) is 15.9 Å². The number of hydrogen-bond donors (Lipinski definition) is 0. The van der Waals surface area contributed by atoms with Crippen LogP contribution in [-0.4, -0.2) is 23.5 Å². The Balaban J connectivity index is 2.58. The molecule has 0 heterocycles. The molecule has 0 aliphatic heterocycles. The molecule has 4 atom stereocenters. The van der Waals surface area contributed by atoms with Gasteiger partial charge in [0.25, 0.3) is 0 Å². The Bertz CT molecular complexity index is 153. The van der Waals surface area contributed by atoms with E-state index in [9.17, 15) is 13.6 Å². The molecule has 64 valence electrons. The first-order valence-electron chi connectivity index (χ1n) is 3.54. The van der Waals surface area contributed by atoms with E-state index >= 15 is 0 Å². The zero-order valence-electron chi connectivity index (χ0n) is 5.84. The maximum Gasteiger partial charge on any atom is 0.144 e. The second-order valence-electron chi connectivity index (χ2n) is 2.78. The molecule has 11 heavy (non-hydrogen) atoms. The van der Waals surface area contributed by atoms with E-state index in [2.05, 4.69) is 15.9 Å². The summed E-state index contributed by atoms with van der Waals surface area (Å²) >= 11 is 2.97. The summed E-state index contributed by atoms with van der Waals surface area (Å²) in [6, 6.07) is 0. The third kappa shape index (κ3) is 1.78. The number of aldehydes is 1. The van der Waals surface area contributed by atoms with Crippen molar-refractivity contribution in [2.45, 2.75) is 30.0 Å². The molecule has 0 saturated heterocycles. The number of alkyl halides is 3. The van der Waals surface area contributed by atoms with Crippen molar-refractivity contribution in [3.05, 3.63) is 0 Å². The van der Waals surface area contributed by atoms with Gasteiger partial charge in [-0.3, -0.25) is 0 Å². The molecular weight excluding hydrogens is 218 g/mol. The van der Waals surface area contributed by atoms with Crippen LogP contribution in [0.5, 0.6) is 0 Å². The molecule has 1 nitrogen and oxygen atoms in total. The van der Waals surface area contributed by atoms with Crippen molar-refractivity contribution in [1.29, 1.82) is 0 Å².